The van der Waals surface area contributed by atoms with Gasteiger partial charge in [0.1, 0.15) is 11.6 Å². The molecule has 8 nitrogen and oxygen atoms in total. The Morgan fingerprint density at radius 3 is 2.65 bits per heavy atom. The summed E-state index contributed by atoms with van der Waals surface area (Å²) >= 11 is 0. The number of hydrogen-bond donors (Lipinski definition) is 4. The molecule has 0 fully saturated rings. The molecule has 0 aliphatic rings. The molecule has 0 radical (unpaired) electrons. The Balaban J connectivity index is 2.64. The number of phenols is 2. The van der Waals surface area contributed by atoms with E-state index in [1.807, 2.05) is 0 Å². The Bertz CT molecular complexity index is 649. The van der Waals surface area contributed by atoms with E-state index in [2.05, 4.69) is 10.6 Å². The second-order valence-electron chi connectivity index (χ2n) is 4.44. The maximum absolute atomic E-state index is 11.8. The quantitative estimate of drug-likeness (QED) is 0.240. The zero-order valence-electron chi connectivity index (χ0n) is 12.5. The van der Waals surface area contributed by atoms with Crippen LogP contribution in [0.3, 0.4) is 0 Å². The molecule has 0 heterocycles. The lowest BCUT2D eigenvalue weighted by molar-refractivity contribution is -0.124. The first-order valence-corrected chi connectivity index (χ1v) is 6.65. The molecule has 1 aromatic carbocycles. The number of aromatic hydroxyl groups is 2. The van der Waals surface area contributed by atoms with E-state index in [0.29, 0.717) is 18.7 Å². The van der Waals surface area contributed by atoms with E-state index in [1.165, 1.54) is 31.4 Å². The van der Waals surface area contributed by atoms with Crippen molar-refractivity contribution in [3.63, 3.8) is 0 Å². The zero-order chi connectivity index (χ0) is 17.2. The molecule has 0 spiro atoms. The number of amides is 2. The van der Waals surface area contributed by atoms with Crippen LogP contribution in [0.5, 0.6) is 11.5 Å². The minimum Gasteiger partial charge on any atom is -0.504 e. The smallest absolute Gasteiger partial charge is 0.262 e. The number of phenolic OH excluding ortho intramolecular Hbond substituents is 2. The minimum atomic E-state index is -0.720. The van der Waals surface area contributed by atoms with Gasteiger partial charge in [-0.25, -0.2) is 0 Å². The SMILES string of the molecule is COCCNC(=O)CNC(=O)/C(C#N)=C/c1ccc(O)c(O)c1. The largest absolute Gasteiger partial charge is 0.504 e. The third kappa shape index (κ3) is 6.07. The molecule has 122 valence electrons. The normalized spacial score (nSPS) is 10.7. The fraction of sp³-hybridized carbons (Fsp3) is 0.267. The average Bonchev–Trinajstić information content (AvgIpc) is 2.53. The fourth-order valence-electron chi connectivity index (χ4n) is 1.56. The van der Waals surface area contributed by atoms with Crippen LogP contribution in [0.1, 0.15) is 5.56 Å². The van der Waals surface area contributed by atoms with Gasteiger partial charge in [-0.15, -0.1) is 0 Å². The van der Waals surface area contributed by atoms with Crippen molar-refractivity contribution >= 4 is 17.9 Å². The number of nitrogens with one attached hydrogen (secondary N) is 2. The molecule has 0 aliphatic heterocycles. The Morgan fingerprint density at radius 2 is 2.04 bits per heavy atom. The summed E-state index contributed by atoms with van der Waals surface area (Å²) in [6.45, 7) is 0.398. The van der Waals surface area contributed by atoms with Gasteiger partial charge in [-0.3, -0.25) is 9.59 Å². The average molecular weight is 319 g/mol. The number of hydrogen-bond acceptors (Lipinski definition) is 6. The molecule has 1 rings (SSSR count). The van der Waals surface area contributed by atoms with Crippen LogP contribution in [0.2, 0.25) is 0 Å². The van der Waals surface area contributed by atoms with Gasteiger partial charge in [0.05, 0.1) is 13.2 Å². The molecule has 0 saturated carbocycles. The maximum atomic E-state index is 11.8. The third-order valence-corrected chi connectivity index (χ3v) is 2.71. The monoisotopic (exact) mass is 319 g/mol. The van der Waals surface area contributed by atoms with E-state index in [4.69, 9.17) is 10.00 Å². The van der Waals surface area contributed by atoms with E-state index in [-0.39, 0.29) is 23.6 Å². The molecule has 8 heteroatoms. The highest BCUT2D eigenvalue weighted by atomic mass is 16.5. The van der Waals surface area contributed by atoms with E-state index >= 15 is 0 Å². The van der Waals surface area contributed by atoms with Crippen LogP contribution >= 0.6 is 0 Å². The van der Waals surface area contributed by atoms with Crippen LogP contribution in [0, 0.1) is 11.3 Å². The molecule has 0 aliphatic carbocycles. The highest BCUT2D eigenvalue weighted by Gasteiger charge is 2.11. The molecule has 1 aromatic rings. The summed E-state index contributed by atoms with van der Waals surface area (Å²) in [6.07, 6.45) is 1.23. The predicted octanol–water partition coefficient (Wildman–Crippen LogP) is -0.116. The Labute approximate surface area is 133 Å². The number of nitrogens with zero attached hydrogens (tertiary/aromatic N) is 1. The fourth-order valence-corrected chi connectivity index (χ4v) is 1.56. The molecule has 4 N–H and O–H groups in total. The van der Waals surface area contributed by atoms with Crippen LogP contribution in [0.25, 0.3) is 6.08 Å². The van der Waals surface area contributed by atoms with Crippen molar-refractivity contribution in [2.45, 2.75) is 0 Å². The van der Waals surface area contributed by atoms with E-state index in [9.17, 15) is 19.8 Å². The molecule has 2 amide bonds. The van der Waals surface area contributed by atoms with E-state index in [1.54, 1.807) is 6.07 Å². The summed E-state index contributed by atoms with van der Waals surface area (Å²) in [5, 5.41) is 32.4. The van der Waals surface area contributed by atoms with Crippen molar-refractivity contribution in [1.82, 2.24) is 10.6 Å². The highest BCUT2D eigenvalue weighted by molar-refractivity contribution is 6.03. The van der Waals surface area contributed by atoms with Crippen LogP contribution in [-0.2, 0) is 14.3 Å². The van der Waals surface area contributed by atoms with Crippen LogP contribution in [-0.4, -0.2) is 48.8 Å². The van der Waals surface area contributed by atoms with Crippen LogP contribution in [0.15, 0.2) is 23.8 Å². The van der Waals surface area contributed by atoms with Gasteiger partial charge in [0.15, 0.2) is 11.5 Å². The van der Waals surface area contributed by atoms with Gasteiger partial charge in [0.2, 0.25) is 5.91 Å². The summed E-state index contributed by atoms with van der Waals surface area (Å²) in [4.78, 5) is 23.3. The lowest BCUT2D eigenvalue weighted by atomic mass is 10.1. The lowest BCUT2D eigenvalue weighted by Gasteiger charge is -2.06. The number of ether oxygens (including phenoxy) is 1. The van der Waals surface area contributed by atoms with Gasteiger partial charge in [0, 0.05) is 13.7 Å². The number of methoxy groups -OCH3 is 1. The van der Waals surface area contributed by atoms with Crippen LogP contribution < -0.4 is 10.6 Å². The molecule has 23 heavy (non-hydrogen) atoms. The van der Waals surface area contributed by atoms with Crippen molar-refractivity contribution in [3.05, 3.63) is 29.3 Å². The van der Waals surface area contributed by atoms with Gasteiger partial charge in [0.25, 0.3) is 5.91 Å². The standard InChI is InChI=1S/C15H17N3O5/c1-23-5-4-17-14(21)9-18-15(22)11(8-16)6-10-2-3-12(19)13(20)7-10/h2-3,6-7,19-20H,4-5,9H2,1H3,(H,17,21)(H,18,22)/b11-6+. The molecule has 0 unspecified atom stereocenters. The Morgan fingerprint density at radius 1 is 1.30 bits per heavy atom. The second-order valence-corrected chi connectivity index (χ2v) is 4.44. The zero-order valence-corrected chi connectivity index (χ0v) is 12.5. The van der Waals surface area contributed by atoms with Crippen molar-refractivity contribution in [2.24, 2.45) is 0 Å². The maximum Gasteiger partial charge on any atom is 0.262 e. The predicted molar refractivity (Wildman–Crippen MR) is 81.3 cm³/mol. The Hall–Kier alpha value is -3.05. The number of carbonyl (C=O) groups is 2. The first-order chi connectivity index (χ1) is 11.0. The topological polar surface area (TPSA) is 132 Å². The molecule has 0 aromatic heterocycles. The third-order valence-electron chi connectivity index (χ3n) is 2.71. The van der Waals surface area contributed by atoms with Gasteiger partial charge in [-0.1, -0.05) is 6.07 Å². The van der Waals surface area contributed by atoms with Crippen molar-refractivity contribution in [2.75, 3.05) is 26.8 Å². The van der Waals surface area contributed by atoms with Gasteiger partial charge in [-0.2, -0.15) is 5.26 Å². The summed E-state index contributed by atoms with van der Waals surface area (Å²) < 4.78 is 4.77. The van der Waals surface area contributed by atoms with Gasteiger partial charge in [-0.05, 0) is 23.8 Å². The van der Waals surface area contributed by atoms with Crippen molar-refractivity contribution in [3.8, 4) is 17.6 Å². The number of rotatable bonds is 7. The highest BCUT2D eigenvalue weighted by Crippen LogP contribution is 2.25. The molecule has 0 saturated heterocycles. The molecule has 0 atom stereocenters. The summed E-state index contributed by atoms with van der Waals surface area (Å²) in [5.41, 5.74) is 0.122. The minimum absolute atomic E-state index is 0.236. The van der Waals surface area contributed by atoms with Crippen molar-refractivity contribution < 1.29 is 24.5 Å². The van der Waals surface area contributed by atoms with Crippen molar-refractivity contribution in [1.29, 1.82) is 5.26 Å². The van der Waals surface area contributed by atoms with E-state index in [0.717, 1.165) is 0 Å². The summed E-state index contributed by atoms with van der Waals surface area (Å²) in [7, 11) is 1.50. The lowest BCUT2D eigenvalue weighted by Crippen LogP contribution is -2.38. The first-order valence-electron chi connectivity index (χ1n) is 6.65. The summed E-state index contributed by atoms with van der Waals surface area (Å²) in [5.74, 6) is -1.80. The van der Waals surface area contributed by atoms with E-state index < -0.39 is 11.8 Å². The second kappa shape index (κ2) is 9.07. The number of nitriles is 1. The first kappa shape index (κ1) is 18.0. The molecule has 0 bridgehead atoms. The molecular formula is C15H17N3O5. The number of benzene rings is 1. The number of carbonyl (C=O) groups excluding carboxylic acids is 2. The molecular weight excluding hydrogens is 302 g/mol. The van der Waals surface area contributed by atoms with Gasteiger partial charge < -0.3 is 25.6 Å². The summed E-state index contributed by atoms with van der Waals surface area (Å²) in [6, 6.07) is 5.58. The van der Waals surface area contributed by atoms with Crippen LogP contribution in [0.4, 0.5) is 0 Å². The Kier molecular flexibility index (Phi) is 7.10. The van der Waals surface area contributed by atoms with Gasteiger partial charge >= 0.3 is 0 Å².